The summed E-state index contributed by atoms with van der Waals surface area (Å²) in [5, 5.41) is 12.0. The minimum atomic E-state index is 0.518. The lowest BCUT2D eigenvalue weighted by molar-refractivity contribution is 0.616. The largest absolute Gasteiger partial charge is 0.355 e. The van der Waals surface area contributed by atoms with E-state index < -0.39 is 0 Å². The van der Waals surface area contributed by atoms with Gasteiger partial charge in [-0.2, -0.15) is 5.10 Å². The van der Waals surface area contributed by atoms with Gasteiger partial charge in [0.2, 0.25) is 0 Å². The molecule has 4 aromatic rings. The van der Waals surface area contributed by atoms with Crippen molar-refractivity contribution in [1.82, 2.24) is 30.5 Å². The lowest BCUT2D eigenvalue weighted by Gasteiger charge is -2.17. The predicted octanol–water partition coefficient (Wildman–Crippen LogP) is 2.88. The standard InChI is InChI=1S/C21H21N7/c1-22-15-7-9-28(13-15)20-6-2-5-17(25-20)21-16-10-18(14-4-3-8-23-11-14)24-12-19(16)26-27-21/h2-6,8,10-12,15,22H,7,9,13H2,1H3,(H,26,27)/t15-/m1/s1. The number of H-pyrrole nitrogens is 1. The topological polar surface area (TPSA) is 82.6 Å². The third kappa shape index (κ3) is 2.99. The van der Waals surface area contributed by atoms with Crippen molar-refractivity contribution in [3.63, 3.8) is 0 Å². The highest BCUT2D eigenvalue weighted by molar-refractivity contribution is 5.93. The van der Waals surface area contributed by atoms with Crippen LogP contribution in [0, 0.1) is 0 Å². The average molecular weight is 371 g/mol. The number of hydrogen-bond donors (Lipinski definition) is 2. The number of rotatable bonds is 4. The van der Waals surface area contributed by atoms with Crippen molar-refractivity contribution >= 4 is 16.7 Å². The molecule has 1 saturated heterocycles. The highest BCUT2D eigenvalue weighted by atomic mass is 15.2. The van der Waals surface area contributed by atoms with Gasteiger partial charge in [-0.15, -0.1) is 0 Å². The summed E-state index contributed by atoms with van der Waals surface area (Å²) in [6.07, 6.45) is 6.53. The molecule has 1 atom stereocenters. The molecule has 1 aliphatic heterocycles. The van der Waals surface area contributed by atoms with E-state index in [9.17, 15) is 0 Å². The maximum Gasteiger partial charge on any atom is 0.129 e. The van der Waals surface area contributed by atoms with E-state index in [1.165, 1.54) is 0 Å². The van der Waals surface area contributed by atoms with Crippen LogP contribution in [0.2, 0.25) is 0 Å². The molecule has 7 heteroatoms. The molecule has 0 saturated carbocycles. The van der Waals surface area contributed by atoms with E-state index in [1.807, 2.05) is 49.8 Å². The van der Waals surface area contributed by atoms with Crippen molar-refractivity contribution in [2.75, 3.05) is 25.0 Å². The van der Waals surface area contributed by atoms with E-state index in [0.29, 0.717) is 6.04 Å². The Kier molecular flexibility index (Phi) is 4.21. The van der Waals surface area contributed by atoms with Crippen molar-refractivity contribution in [3.8, 4) is 22.6 Å². The van der Waals surface area contributed by atoms with Crippen LogP contribution in [0.3, 0.4) is 0 Å². The summed E-state index contributed by atoms with van der Waals surface area (Å²) in [4.78, 5) is 16.0. The molecule has 28 heavy (non-hydrogen) atoms. The number of hydrogen-bond acceptors (Lipinski definition) is 6. The zero-order valence-electron chi connectivity index (χ0n) is 15.6. The quantitative estimate of drug-likeness (QED) is 0.574. The number of nitrogens with one attached hydrogen (secondary N) is 2. The highest BCUT2D eigenvalue weighted by Gasteiger charge is 2.22. The molecule has 1 aliphatic rings. The molecule has 5 heterocycles. The lowest BCUT2D eigenvalue weighted by Crippen LogP contribution is -2.29. The van der Waals surface area contributed by atoms with Gasteiger partial charge < -0.3 is 10.2 Å². The summed E-state index contributed by atoms with van der Waals surface area (Å²) in [5.74, 6) is 0.993. The second kappa shape index (κ2) is 7.01. The average Bonchev–Trinajstić information content (AvgIpc) is 3.41. The molecule has 4 aromatic heterocycles. The molecule has 7 nitrogen and oxygen atoms in total. The van der Waals surface area contributed by atoms with Crippen LogP contribution >= 0.6 is 0 Å². The molecule has 0 unspecified atom stereocenters. The van der Waals surface area contributed by atoms with Gasteiger partial charge in [0.15, 0.2) is 0 Å². The third-order valence-corrected chi connectivity index (χ3v) is 5.30. The summed E-state index contributed by atoms with van der Waals surface area (Å²) in [6, 6.07) is 12.6. The lowest BCUT2D eigenvalue weighted by atomic mass is 10.1. The van der Waals surface area contributed by atoms with Crippen LogP contribution in [0.25, 0.3) is 33.5 Å². The van der Waals surface area contributed by atoms with Gasteiger partial charge in [-0.05, 0) is 43.8 Å². The van der Waals surface area contributed by atoms with Gasteiger partial charge in [-0.25, -0.2) is 4.98 Å². The molecule has 0 radical (unpaired) electrons. The number of anilines is 1. The molecule has 1 fully saturated rings. The van der Waals surface area contributed by atoms with Crippen molar-refractivity contribution in [2.24, 2.45) is 0 Å². The van der Waals surface area contributed by atoms with Crippen molar-refractivity contribution in [2.45, 2.75) is 12.5 Å². The van der Waals surface area contributed by atoms with E-state index in [4.69, 9.17) is 4.98 Å². The first-order valence-corrected chi connectivity index (χ1v) is 9.46. The monoisotopic (exact) mass is 371 g/mol. The van der Waals surface area contributed by atoms with Gasteiger partial charge in [0.05, 0.1) is 23.1 Å². The fourth-order valence-electron chi connectivity index (χ4n) is 3.72. The summed E-state index contributed by atoms with van der Waals surface area (Å²) < 4.78 is 0. The number of aromatic nitrogens is 5. The van der Waals surface area contributed by atoms with Crippen LogP contribution < -0.4 is 10.2 Å². The third-order valence-electron chi connectivity index (χ3n) is 5.30. The van der Waals surface area contributed by atoms with Gasteiger partial charge in [0, 0.05) is 42.5 Å². The summed E-state index contributed by atoms with van der Waals surface area (Å²) in [7, 11) is 2.02. The molecule has 140 valence electrons. The smallest absolute Gasteiger partial charge is 0.129 e. The molecular formula is C21H21N7. The summed E-state index contributed by atoms with van der Waals surface area (Å²) >= 11 is 0. The first-order chi connectivity index (χ1) is 13.8. The maximum atomic E-state index is 4.90. The molecule has 0 bridgehead atoms. The molecule has 5 rings (SSSR count). The van der Waals surface area contributed by atoms with Crippen LogP contribution in [0.15, 0.2) is 55.0 Å². The molecule has 0 spiro atoms. The molecule has 0 aliphatic carbocycles. The molecule has 0 amide bonds. The van der Waals surface area contributed by atoms with Crippen LogP contribution in [0.1, 0.15) is 6.42 Å². The minimum Gasteiger partial charge on any atom is -0.355 e. The fourth-order valence-corrected chi connectivity index (χ4v) is 3.72. The van der Waals surface area contributed by atoms with Gasteiger partial charge in [0.25, 0.3) is 0 Å². The van der Waals surface area contributed by atoms with Crippen LogP contribution in [-0.2, 0) is 0 Å². The SMILES string of the molecule is CN[C@@H]1CCN(c2cccc(-c3n[nH]c4cnc(-c5cccnc5)cc34)n2)C1. The van der Waals surface area contributed by atoms with Crippen molar-refractivity contribution in [3.05, 3.63) is 55.0 Å². The fraction of sp³-hybridized carbons (Fsp3) is 0.238. The minimum absolute atomic E-state index is 0.518. The molecule has 0 aromatic carbocycles. The van der Waals surface area contributed by atoms with E-state index in [2.05, 4.69) is 36.4 Å². The van der Waals surface area contributed by atoms with Crippen LogP contribution in [0.4, 0.5) is 5.82 Å². The van der Waals surface area contributed by atoms with Gasteiger partial charge in [-0.3, -0.25) is 15.1 Å². The first-order valence-electron chi connectivity index (χ1n) is 9.46. The van der Waals surface area contributed by atoms with E-state index in [0.717, 1.165) is 58.9 Å². The van der Waals surface area contributed by atoms with Gasteiger partial charge in [-0.1, -0.05) is 6.07 Å². The maximum absolute atomic E-state index is 4.90. The Morgan fingerprint density at radius 3 is 2.93 bits per heavy atom. The van der Waals surface area contributed by atoms with Crippen LogP contribution in [-0.4, -0.2) is 51.3 Å². The predicted molar refractivity (Wildman–Crippen MR) is 110 cm³/mol. The second-order valence-electron chi connectivity index (χ2n) is 7.03. The van der Waals surface area contributed by atoms with Gasteiger partial charge in [0.1, 0.15) is 11.5 Å². The Morgan fingerprint density at radius 1 is 1.14 bits per heavy atom. The summed E-state index contributed by atoms with van der Waals surface area (Å²) in [6.45, 7) is 1.99. The Bertz CT molecular complexity index is 1110. The second-order valence-corrected chi connectivity index (χ2v) is 7.03. The van der Waals surface area contributed by atoms with Crippen LogP contribution in [0.5, 0.6) is 0 Å². The Morgan fingerprint density at radius 2 is 2.11 bits per heavy atom. The number of nitrogens with zero attached hydrogens (tertiary/aromatic N) is 5. The van der Waals surface area contributed by atoms with Crippen molar-refractivity contribution < 1.29 is 0 Å². The number of fused-ring (bicyclic) bond motifs is 1. The van der Waals surface area contributed by atoms with E-state index >= 15 is 0 Å². The van der Waals surface area contributed by atoms with E-state index in [-0.39, 0.29) is 0 Å². The molecule has 2 N–H and O–H groups in total. The zero-order chi connectivity index (χ0) is 18.9. The zero-order valence-corrected chi connectivity index (χ0v) is 15.6. The van der Waals surface area contributed by atoms with Gasteiger partial charge >= 0.3 is 0 Å². The molecular weight excluding hydrogens is 350 g/mol. The summed E-state index contributed by atoms with van der Waals surface area (Å²) in [5.41, 5.74) is 4.45. The van der Waals surface area contributed by atoms with Crippen molar-refractivity contribution in [1.29, 1.82) is 0 Å². The first kappa shape index (κ1) is 16.8. The Hall–Kier alpha value is -3.32. The number of likely N-dealkylation sites (N-methyl/N-ethyl adjacent to an activating group) is 1. The van der Waals surface area contributed by atoms with E-state index in [1.54, 1.807) is 6.20 Å². The normalized spacial score (nSPS) is 16.8. The number of aromatic amines is 1. The number of pyridine rings is 3. The Balaban J connectivity index is 1.54. The highest BCUT2D eigenvalue weighted by Crippen LogP contribution is 2.29. The Labute approximate surface area is 162 Å².